The second-order valence-corrected chi connectivity index (χ2v) is 4.83. The highest BCUT2D eigenvalue weighted by atomic mass is 19.1. The van der Waals surface area contributed by atoms with Gasteiger partial charge in [0.15, 0.2) is 0 Å². The summed E-state index contributed by atoms with van der Waals surface area (Å²) in [6, 6.07) is 5.95. The van der Waals surface area contributed by atoms with Crippen LogP contribution in [0.25, 0.3) is 11.3 Å². The van der Waals surface area contributed by atoms with Crippen molar-refractivity contribution in [3.63, 3.8) is 0 Å². The maximum atomic E-state index is 13.7. The van der Waals surface area contributed by atoms with Crippen LogP contribution in [-0.2, 0) is 0 Å². The Kier molecular flexibility index (Phi) is 2.97. The number of aromatic carboxylic acids is 1. The molecule has 0 radical (unpaired) electrons. The fourth-order valence-corrected chi connectivity index (χ4v) is 2.17. The van der Waals surface area contributed by atoms with Gasteiger partial charge in [0.25, 0.3) is 0 Å². The molecule has 0 saturated heterocycles. The Morgan fingerprint density at radius 2 is 1.95 bits per heavy atom. The van der Waals surface area contributed by atoms with Crippen molar-refractivity contribution >= 4 is 5.97 Å². The summed E-state index contributed by atoms with van der Waals surface area (Å²) in [5, 5.41) is 9.13. The van der Waals surface area contributed by atoms with Gasteiger partial charge in [0.1, 0.15) is 11.6 Å². The summed E-state index contributed by atoms with van der Waals surface area (Å²) in [5.74, 6) is -2.08. The van der Waals surface area contributed by atoms with E-state index in [-0.39, 0.29) is 22.7 Å². The minimum Gasteiger partial charge on any atom is -0.478 e. The first kappa shape index (κ1) is 12.7. The number of rotatable bonds is 3. The van der Waals surface area contributed by atoms with Crippen LogP contribution in [0.2, 0.25) is 0 Å². The van der Waals surface area contributed by atoms with Crippen LogP contribution < -0.4 is 0 Å². The van der Waals surface area contributed by atoms with Gasteiger partial charge in [-0.3, -0.25) is 4.98 Å². The Hall–Kier alpha value is -2.30. The van der Waals surface area contributed by atoms with Crippen LogP contribution in [-0.4, -0.2) is 16.1 Å². The molecule has 0 amide bonds. The Labute approximate surface area is 113 Å². The number of hydrogen-bond donors (Lipinski definition) is 1. The number of carboxylic acid groups (broad SMARTS) is 1. The number of hydrogen-bond acceptors (Lipinski definition) is 2. The van der Waals surface area contributed by atoms with Gasteiger partial charge in [0.05, 0.1) is 17.0 Å². The lowest BCUT2D eigenvalue weighted by atomic mass is 10.1. The molecular weight excluding hydrogens is 264 g/mol. The minimum absolute atomic E-state index is 0.0452. The van der Waals surface area contributed by atoms with Crippen LogP contribution in [0.3, 0.4) is 0 Å². The van der Waals surface area contributed by atoms with Gasteiger partial charge in [0.2, 0.25) is 0 Å². The maximum Gasteiger partial charge on any atom is 0.337 e. The number of benzene rings is 1. The zero-order valence-electron chi connectivity index (χ0n) is 10.4. The van der Waals surface area contributed by atoms with Crippen molar-refractivity contribution in [1.29, 1.82) is 0 Å². The third-order valence-electron chi connectivity index (χ3n) is 3.32. The van der Waals surface area contributed by atoms with E-state index < -0.39 is 17.6 Å². The zero-order valence-corrected chi connectivity index (χ0v) is 10.4. The molecular formula is C15H11F2NO2. The van der Waals surface area contributed by atoms with Crippen molar-refractivity contribution < 1.29 is 18.7 Å². The number of pyridine rings is 1. The van der Waals surface area contributed by atoms with E-state index in [0.29, 0.717) is 5.69 Å². The van der Waals surface area contributed by atoms with Crippen LogP contribution in [0.5, 0.6) is 0 Å². The first-order valence-corrected chi connectivity index (χ1v) is 6.26. The van der Waals surface area contributed by atoms with Gasteiger partial charge < -0.3 is 5.11 Å². The summed E-state index contributed by atoms with van der Waals surface area (Å²) in [6.45, 7) is 0. The Bertz CT molecular complexity index is 696. The van der Waals surface area contributed by atoms with E-state index in [1.54, 1.807) is 0 Å². The highest BCUT2D eigenvalue weighted by Gasteiger charge is 2.30. The highest BCUT2D eigenvalue weighted by molar-refractivity contribution is 5.89. The monoisotopic (exact) mass is 275 g/mol. The smallest absolute Gasteiger partial charge is 0.337 e. The molecule has 3 rings (SSSR count). The van der Waals surface area contributed by atoms with Crippen LogP contribution in [0, 0.1) is 11.6 Å². The summed E-state index contributed by atoms with van der Waals surface area (Å²) in [6.07, 6.45) is 1.75. The molecule has 0 bridgehead atoms. The summed E-state index contributed by atoms with van der Waals surface area (Å²) < 4.78 is 27.0. The van der Waals surface area contributed by atoms with Gasteiger partial charge >= 0.3 is 5.97 Å². The molecule has 3 nitrogen and oxygen atoms in total. The van der Waals surface area contributed by atoms with Crippen molar-refractivity contribution in [1.82, 2.24) is 4.98 Å². The predicted molar refractivity (Wildman–Crippen MR) is 68.5 cm³/mol. The van der Waals surface area contributed by atoms with Crippen LogP contribution in [0.4, 0.5) is 8.78 Å². The summed E-state index contributed by atoms with van der Waals surface area (Å²) >= 11 is 0. The molecule has 1 fully saturated rings. The fourth-order valence-electron chi connectivity index (χ4n) is 2.17. The minimum atomic E-state index is -1.05. The van der Waals surface area contributed by atoms with Gasteiger partial charge in [-0.05, 0) is 43.2 Å². The lowest BCUT2D eigenvalue weighted by Gasteiger charge is -2.08. The molecule has 20 heavy (non-hydrogen) atoms. The third kappa shape index (κ3) is 2.27. The molecule has 1 heterocycles. The topological polar surface area (TPSA) is 50.2 Å². The van der Waals surface area contributed by atoms with E-state index in [4.69, 9.17) is 5.11 Å². The van der Waals surface area contributed by atoms with Crippen molar-refractivity contribution in [3.8, 4) is 11.3 Å². The van der Waals surface area contributed by atoms with Crippen LogP contribution in [0.1, 0.15) is 34.8 Å². The van der Waals surface area contributed by atoms with Crippen LogP contribution >= 0.6 is 0 Å². The number of carbonyl (C=O) groups is 1. The molecule has 0 aliphatic heterocycles. The van der Waals surface area contributed by atoms with E-state index in [2.05, 4.69) is 4.98 Å². The average molecular weight is 275 g/mol. The van der Waals surface area contributed by atoms with Gasteiger partial charge in [-0.15, -0.1) is 0 Å². The molecule has 5 heteroatoms. The molecule has 1 aromatic heterocycles. The van der Waals surface area contributed by atoms with Gasteiger partial charge in [-0.2, -0.15) is 0 Å². The normalized spacial score (nSPS) is 14.3. The molecule has 1 aromatic carbocycles. The third-order valence-corrected chi connectivity index (χ3v) is 3.32. The number of aromatic nitrogens is 1. The fraction of sp³-hybridized carbons (Fsp3) is 0.200. The highest BCUT2D eigenvalue weighted by Crippen LogP contribution is 2.41. The lowest BCUT2D eigenvalue weighted by molar-refractivity contribution is 0.0695. The molecule has 0 atom stereocenters. The zero-order chi connectivity index (χ0) is 14.3. The van der Waals surface area contributed by atoms with Crippen molar-refractivity contribution in [3.05, 3.63) is 53.2 Å². The van der Waals surface area contributed by atoms with Gasteiger partial charge in [-0.1, -0.05) is 0 Å². The standard InChI is InChI=1S/C15H11F2NO2/c16-9-3-5-12(17)11(7-9)13-6-4-10(15(19)20)14(18-13)8-1-2-8/h3-8H,1-2H2,(H,19,20). The SMILES string of the molecule is O=C(O)c1ccc(-c2cc(F)ccc2F)nc1C1CC1. The van der Waals surface area contributed by atoms with E-state index in [1.807, 2.05) is 0 Å². The Morgan fingerprint density at radius 3 is 2.60 bits per heavy atom. The Balaban J connectivity index is 2.13. The van der Waals surface area contributed by atoms with E-state index in [9.17, 15) is 13.6 Å². The van der Waals surface area contributed by atoms with Gasteiger partial charge in [-0.25, -0.2) is 13.6 Å². The van der Waals surface area contributed by atoms with E-state index in [1.165, 1.54) is 12.1 Å². The van der Waals surface area contributed by atoms with E-state index >= 15 is 0 Å². The second kappa shape index (κ2) is 4.67. The maximum absolute atomic E-state index is 13.7. The molecule has 102 valence electrons. The summed E-state index contributed by atoms with van der Waals surface area (Å²) in [7, 11) is 0. The van der Waals surface area contributed by atoms with Crippen LogP contribution in [0.15, 0.2) is 30.3 Å². The first-order valence-electron chi connectivity index (χ1n) is 6.26. The largest absolute Gasteiger partial charge is 0.478 e. The number of nitrogens with zero attached hydrogens (tertiary/aromatic N) is 1. The quantitative estimate of drug-likeness (QED) is 0.931. The summed E-state index contributed by atoms with van der Waals surface area (Å²) in [4.78, 5) is 15.4. The summed E-state index contributed by atoms with van der Waals surface area (Å²) in [5.41, 5.74) is 0.893. The van der Waals surface area contributed by atoms with Gasteiger partial charge in [0, 0.05) is 11.5 Å². The molecule has 0 spiro atoms. The molecule has 0 unspecified atom stereocenters. The second-order valence-electron chi connectivity index (χ2n) is 4.83. The number of carboxylic acids is 1. The number of halogens is 2. The molecule has 2 aromatic rings. The molecule has 1 saturated carbocycles. The predicted octanol–water partition coefficient (Wildman–Crippen LogP) is 3.60. The average Bonchev–Trinajstić information content (AvgIpc) is 3.25. The van der Waals surface area contributed by atoms with Crippen molar-refractivity contribution in [2.45, 2.75) is 18.8 Å². The Morgan fingerprint density at radius 1 is 1.20 bits per heavy atom. The first-order chi connectivity index (χ1) is 9.56. The van der Waals surface area contributed by atoms with Crippen molar-refractivity contribution in [2.24, 2.45) is 0 Å². The molecule has 1 aliphatic carbocycles. The molecule has 1 N–H and O–H groups in total. The van der Waals surface area contributed by atoms with E-state index in [0.717, 1.165) is 31.0 Å². The molecule has 1 aliphatic rings. The van der Waals surface area contributed by atoms with Crippen molar-refractivity contribution in [2.75, 3.05) is 0 Å². The lowest BCUT2D eigenvalue weighted by Crippen LogP contribution is -2.05.